The molecule has 2 aliphatic heterocycles. The molecule has 2 saturated heterocycles. The molecule has 2 aliphatic rings. The van der Waals surface area contributed by atoms with Crippen LogP contribution in [0.3, 0.4) is 0 Å². The van der Waals surface area contributed by atoms with Gasteiger partial charge in [-0.15, -0.1) is 23.2 Å². The predicted octanol–water partition coefficient (Wildman–Crippen LogP) is 4.19. The van der Waals surface area contributed by atoms with Crippen LogP contribution in [0.15, 0.2) is 60.7 Å². The van der Waals surface area contributed by atoms with Gasteiger partial charge in [0.15, 0.2) is 6.29 Å². The Morgan fingerprint density at radius 2 is 1.32 bits per heavy atom. The van der Waals surface area contributed by atoms with E-state index >= 15 is 0 Å². The standard InChI is InChI=1S/C27H34Cl2O8/c28-11-13-30-15-17-32-24-23-22(19-34-26(37-23)20-7-3-1-4-8-20)36-27(35-21-9-5-2-6-10-21)25(24)33-18-16-31-14-12-29/h1-10,22-27H,11-19H2/t22-,23-,24+,25-,26?,27-/m1/s1. The predicted molar refractivity (Wildman–Crippen MR) is 138 cm³/mol. The first kappa shape index (κ1) is 28.5. The van der Waals surface area contributed by atoms with E-state index < -0.39 is 37.0 Å². The molecule has 204 valence electrons. The SMILES string of the molecule is ClCCOCCO[C@@H]1[C@@H](OCCOCCCl)[C@H](Oc2ccccc2)O[C@@H]2COC(c3ccccc3)O[C@@H]12. The highest BCUT2D eigenvalue weighted by Crippen LogP contribution is 2.37. The normalized spacial score (nSPS) is 27.5. The van der Waals surface area contributed by atoms with Crippen molar-refractivity contribution < 1.29 is 37.9 Å². The van der Waals surface area contributed by atoms with Gasteiger partial charge >= 0.3 is 0 Å². The van der Waals surface area contributed by atoms with Gasteiger partial charge in [-0.05, 0) is 12.1 Å². The molecular formula is C27H34Cl2O8. The van der Waals surface area contributed by atoms with Crippen LogP contribution in [-0.4, -0.2) is 88.7 Å². The molecule has 0 bridgehead atoms. The lowest BCUT2D eigenvalue weighted by Crippen LogP contribution is -2.64. The van der Waals surface area contributed by atoms with Crippen LogP contribution in [0.5, 0.6) is 5.75 Å². The summed E-state index contributed by atoms with van der Waals surface area (Å²) in [5.74, 6) is 1.49. The molecule has 0 amide bonds. The van der Waals surface area contributed by atoms with E-state index in [9.17, 15) is 0 Å². The molecule has 0 spiro atoms. The first-order valence-corrected chi connectivity index (χ1v) is 13.6. The lowest BCUT2D eigenvalue weighted by molar-refractivity contribution is -0.360. The largest absolute Gasteiger partial charge is 0.462 e. The number of hydrogen-bond donors (Lipinski definition) is 0. The lowest BCUT2D eigenvalue weighted by Gasteiger charge is -2.48. The summed E-state index contributed by atoms with van der Waals surface area (Å²) < 4.78 is 48.7. The average Bonchev–Trinajstić information content (AvgIpc) is 2.94. The molecule has 10 heteroatoms. The molecule has 6 atom stereocenters. The molecule has 0 N–H and O–H groups in total. The Bertz CT molecular complexity index is 877. The summed E-state index contributed by atoms with van der Waals surface area (Å²) in [7, 11) is 0. The van der Waals surface area contributed by atoms with Crippen molar-refractivity contribution in [2.45, 2.75) is 37.0 Å². The molecule has 4 rings (SSSR count). The van der Waals surface area contributed by atoms with Gasteiger partial charge in [-0.3, -0.25) is 0 Å². The molecule has 0 aromatic heterocycles. The van der Waals surface area contributed by atoms with Crippen molar-refractivity contribution in [3.05, 3.63) is 66.2 Å². The van der Waals surface area contributed by atoms with Gasteiger partial charge in [-0.1, -0.05) is 48.5 Å². The van der Waals surface area contributed by atoms with E-state index in [4.69, 9.17) is 61.1 Å². The van der Waals surface area contributed by atoms with Gasteiger partial charge < -0.3 is 37.9 Å². The quantitative estimate of drug-likeness (QED) is 0.239. The fraction of sp³-hybridized carbons (Fsp3) is 0.556. The highest BCUT2D eigenvalue weighted by Gasteiger charge is 2.52. The van der Waals surface area contributed by atoms with E-state index in [1.807, 2.05) is 60.7 Å². The van der Waals surface area contributed by atoms with Gasteiger partial charge in [0.05, 0.1) is 46.2 Å². The van der Waals surface area contributed by atoms with E-state index in [0.29, 0.717) is 63.8 Å². The molecule has 8 nitrogen and oxygen atoms in total. The van der Waals surface area contributed by atoms with Crippen molar-refractivity contribution in [2.75, 3.05) is 58.0 Å². The maximum absolute atomic E-state index is 6.42. The summed E-state index contributed by atoms with van der Waals surface area (Å²) in [5.41, 5.74) is 0.916. The van der Waals surface area contributed by atoms with Gasteiger partial charge in [-0.2, -0.15) is 0 Å². The summed E-state index contributed by atoms with van der Waals surface area (Å²) in [6, 6.07) is 19.2. The van der Waals surface area contributed by atoms with E-state index in [0.717, 1.165) is 5.56 Å². The van der Waals surface area contributed by atoms with Crippen LogP contribution in [0, 0.1) is 0 Å². The fourth-order valence-corrected chi connectivity index (χ4v) is 4.44. The number of ether oxygens (including phenoxy) is 8. The molecular weight excluding hydrogens is 523 g/mol. The Labute approximate surface area is 227 Å². The van der Waals surface area contributed by atoms with Gasteiger partial charge in [-0.25, -0.2) is 0 Å². The van der Waals surface area contributed by atoms with Gasteiger partial charge in [0.1, 0.15) is 30.2 Å². The maximum Gasteiger partial charge on any atom is 0.229 e. The Kier molecular flexibility index (Phi) is 12.2. The summed E-state index contributed by atoms with van der Waals surface area (Å²) in [4.78, 5) is 0. The molecule has 2 aromatic carbocycles. The zero-order valence-electron chi connectivity index (χ0n) is 20.6. The number of halogens is 2. The third kappa shape index (κ3) is 8.51. The van der Waals surface area contributed by atoms with Crippen molar-refractivity contribution in [1.82, 2.24) is 0 Å². The van der Waals surface area contributed by atoms with Gasteiger partial charge in [0.25, 0.3) is 0 Å². The van der Waals surface area contributed by atoms with Crippen LogP contribution in [0.25, 0.3) is 0 Å². The number of rotatable bonds is 15. The monoisotopic (exact) mass is 556 g/mol. The van der Waals surface area contributed by atoms with E-state index in [-0.39, 0.29) is 0 Å². The van der Waals surface area contributed by atoms with Crippen LogP contribution < -0.4 is 4.74 Å². The average molecular weight is 557 g/mol. The minimum absolute atomic E-state index is 0.304. The summed E-state index contributed by atoms with van der Waals surface area (Å²) >= 11 is 11.5. The number of benzene rings is 2. The third-order valence-corrected chi connectivity index (χ3v) is 6.18. The van der Waals surface area contributed by atoms with Crippen LogP contribution in [0.4, 0.5) is 0 Å². The second-order valence-electron chi connectivity index (χ2n) is 8.42. The van der Waals surface area contributed by atoms with Crippen molar-refractivity contribution in [2.24, 2.45) is 0 Å². The summed E-state index contributed by atoms with van der Waals surface area (Å²) in [6.07, 6.45) is -3.32. The molecule has 0 aliphatic carbocycles. The second-order valence-corrected chi connectivity index (χ2v) is 9.18. The van der Waals surface area contributed by atoms with Crippen LogP contribution in [0.1, 0.15) is 11.9 Å². The molecule has 37 heavy (non-hydrogen) atoms. The first-order chi connectivity index (χ1) is 18.3. The Hall–Kier alpha value is -1.46. The summed E-state index contributed by atoms with van der Waals surface area (Å²) in [5, 5.41) is 0. The molecule has 2 fully saturated rings. The molecule has 2 aromatic rings. The van der Waals surface area contributed by atoms with Gasteiger partial charge in [0, 0.05) is 17.3 Å². The first-order valence-electron chi connectivity index (χ1n) is 12.5. The molecule has 0 saturated carbocycles. The fourth-order valence-electron chi connectivity index (χ4n) is 4.22. The lowest BCUT2D eigenvalue weighted by atomic mass is 9.97. The Morgan fingerprint density at radius 3 is 1.97 bits per heavy atom. The van der Waals surface area contributed by atoms with E-state index in [2.05, 4.69) is 0 Å². The maximum atomic E-state index is 6.42. The van der Waals surface area contributed by atoms with E-state index in [1.165, 1.54) is 0 Å². The Balaban J connectivity index is 1.52. The van der Waals surface area contributed by atoms with E-state index in [1.54, 1.807) is 0 Å². The zero-order valence-corrected chi connectivity index (χ0v) is 22.1. The van der Waals surface area contributed by atoms with Crippen molar-refractivity contribution in [3.63, 3.8) is 0 Å². The van der Waals surface area contributed by atoms with Crippen LogP contribution >= 0.6 is 23.2 Å². The number of fused-ring (bicyclic) bond motifs is 1. The minimum Gasteiger partial charge on any atom is -0.462 e. The Morgan fingerprint density at radius 1 is 0.703 bits per heavy atom. The minimum atomic E-state index is -0.758. The highest BCUT2D eigenvalue weighted by molar-refractivity contribution is 6.18. The smallest absolute Gasteiger partial charge is 0.229 e. The number of alkyl halides is 2. The molecule has 2 heterocycles. The highest BCUT2D eigenvalue weighted by atomic mass is 35.5. The van der Waals surface area contributed by atoms with Crippen molar-refractivity contribution in [1.29, 1.82) is 0 Å². The van der Waals surface area contributed by atoms with Crippen LogP contribution in [0.2, 0.25) is 0 Å². The van der Waals surface area contributed by atoms with Crippen molar-refractivity contribution >= 4 is 23.2 Å². The topological polar surface area (TPSA) is 73.8 Å². The number of para-hydroxylation sites is 1. The third-order valence-electron chi connectivity index (χ3n) is 5.87. The van der Waals surface area contributed by atoms with Crippen molar-refractivity contribution in [3.8, 4) is 5.75 Å². The van der Waals surface area contributed by atoms with Crippen LogP contribution in [-0.2, 0) is 33.2 Å². The molecule has 0 radical (unpaired) electrons. The second kappa shape index (κ2) is 15.8. The van der Waals surface area contributed by atoms with Gasteiger partial charge in [0.2, 0.25) is 6.29 Å². The molecule has 1 unspecified atom stereocenters. The summed E-state index contributed by atoms with van der Waals surface area (Å²) in [6.45, 7) is 2.59. The number of hydrogen-bond acceptors (Lipinski definition) is 8. The zero-order chi connectivity index (χ0) is 25.7.